The summed E-state index contributed by atoms with van der Waals surface area (Å²) < 4.78 is 1.80. The van der Waals surface area contributed by atoms with Crippen LogP contribution in [-0.4, -0.2) is 15.5 Å². The Morgan fingerprint density at radius 2 is 1.81 bits per heavy atom. The number of para-hydroxylation sites is 1. The number of aromatic nitrogens is 2. The second-order valence-corrected chi connectivity index (χ2v) is 7.70. The standard InChI is InChI=1S/C21H22ClN3O2/c1-13-5-9-15(10-6-13)23-20(26)14-7-11-16(12-8-14)25-18-4-2-3-17(22)19(18)24-21(25)27/h2-6,9-10,14,16H,7-8,11-12H2,1H3,(H,23,26)(H,24,27)/t14-,16+. The molecule has 27 heavy (non-hydrogen) atoms. The number of imidazole rings is 1. The molecule has 1 fully saturated rings. The van der Waals surface area contributed by atoms with Crippen molar-refractivity contribution in [3.63, 3.8) is 0 Å². The molecule has 2 aromatic carbocycles. The van der Waals surface area contributed by atoms with Gasteiger partial charge in [-0.3, -0.25) is 9.36 Å². The van der Waals surface area contributed by atoms with Crippen molar-refractivity contribution in [1.29, 1.82) is 0 Å². The van der Waals surface area contributed by atoms with Gasteiger partial charge in [0.1, 0.15) is 0 Å². The molecule has 1 amide bonds. The van der Waals surface area contributed by atoms with Gasteiger partial charge in [-0.15, -0.1) is 0 Å². The summed E-state index contributed by atoms with van der Waals surface area (Å²) in [5.74, 6) is 0.0404. The number of anilines is 1. The van der Waals surface area contributed by atoms with E-state index in [1.54, 1.807) is 10.6 Å². The highest BCUT2D eigenvalue weighted by atomic mass is 35.5. The fourth-order valence-electron chi connectivity index (χ4n) is 3.95. The number of rotatable bonds is 3. The first-order chi connectivity index (χ1) is 13.0. The SMILES string of the molecule is Cc1ccc(NC(=O)[C@H]2CC[C@@H](n3c(=O)[nH]c4c(Cl)cccc43)CC2)cc1. The maximum atomic E-state index is 12.6. The molecule has 3 aromatic rings. The van der Waals surface area contributed by atoms with Gasteiger partial charge in [-0.2, -0.15) is 0 Å². The highest BCUT2D eigenvalue weighted by molar-refractivity contribution is 6.34. The van der Waals surface area contributed by atoms with Crippen LogP contribution in [0, 0.1) is 12.8 Å². The molecule has 2 N–H and O–H groups in total. The van der Waals surface area contributed by atoms with Crippen molar-refractivity contribution in [2.45, 2.75) is 38.6 Å². The number of halogens is 1. The van der Waals surface area contributed by atoms with Crippen LogP contribution in [0.2, 0.25) is 5.02 Å². The van der Waals surface area contributed by atoms with E-state index in [1.165, 1.54) is 0 Å². The lowest BCUT2D eigenvalue weighted by Gasteiger charge is -2.28. The summed E-state index contributed by atoms with van der Waals surface area (Å²) in [4.78, 5) is 27.9. The van der Waals surface area contributed by atoms with Gasteiger partial charge < -0.3 is 10.3 Å². The van der Waals surface area contributed by atoms with Crippen molar-refractivity contribution in [2.24, 2.45) is 5.92 Å². The molecule has 0 atom stereocenters. The summed E-state index contributed by atoms with van der Waals surface area (Å²) in [6, 6.07) is 13.5. The van der Waals surface area contributed by atoms with Crippen molar-refractivity contribution >= 4 is 34.2 Å². The van der Waals surface area contributed by atoms with E-state index >= 15 is 0 Å². The fourth-order valence-corrected chi connectivity index (χ4v) is 4.17. The minimum Gasteiger partial charge on any atom is -0.326 e. The average Bonchev–Trinajstić information content (AvgIpc) is 3.01. The van der Waals surface area contributed by atoms with Crippen molar-refractivity contribution in [3.05, 3.63) is 63.5 Å². The molecule has 5 nitrogen and oxygen atoms in total. The molecule has 1 saturated carbocycles. The Morgan fingerprint density at radius 3 is 2.52 bits per heavy atom. The van der Waals surface area contributed by atoms with Crippen LogP contribution in [0.3, 0.4) is 0 Å². The molecule has 1 aromatic heterocycles. The molecular formula is C21H22ClN3O2. The topological polar surface area (TPSA) is 66.9 Å². The van der Waals surface area contributed by atoms with Crippen molar-refractivity contribution in [3.8, 4) is 0 Å². The van der Waals surface area contributed by atoms with Crippen LogP contribution in [0.5, 0.6) is 0 Å². The highest BCUT2D eigenvalue weighted by Crippen LogP contribution is 2.34. The lowest BCUT2D eigenvalue weighted by molar-refractivity contribution is -0.121. The Kier molecular flexibility index (Phi) is 4.79. The quantitative estimate of drug-likeness (QED) is 0.690. The summed E-state index contributed by atoms with van der Waals surface area (Å²) in [5.41, 5.74) is 3.38. The zero-order valence-corrected chi connectivity index (χ0v) is 15.9. The summed E-state index contributed by atoms with van der Waals surface area (Å²) in [5, 5.41) is 3.56. The summed E-state index contributed by atoms with van der Waals surface area (Å²) in [6.45, 7) is 2.02. The van der Waals surface area contributed by atoms with Gasteiger partial charge in [0, 0.05) is 17.6 Å². The molecular weight excluding hydrogens is 362 g/mol. The van der Waals surface area contributed by atoms with Crippen LogP contribution in [0.15, 0.2) is 47.3 Å². The second-order valence-electron chi connectivity index (χ2n) is 7.29. The molecule has 0 radical (unpaired) electrons. The number of hydrogen-bond donors (Lipinski definition) is 2. The van der Waals surface area contributed by atoms with Crippen molar-refractivity contribution in [2.75, 3.05) is 5.32 Å². The van der Waals surface area contributed by atoms with Crippen molar-refractivity contribution < 1.29 is 4.79 Å². The normalized spacial score (nSPS) is 19.9. The van der Waals surface area contributed by atoms with E-state index < -0.39 is 0 Å². The Labute approximate surface area is 162 Å². The maximum Gasteiger partial charge on any atom is 0.326 e. The molecule has 0 saturated heterocycles. The molecule has 0 unspecified atom stereocenters. The first-order valence-electron chi connectivity index (χ1n) is 9.29. The van der Waals surface area contributed by atoms with E-state index in [9.17, 15) is 9.59 Å². The molecule has 0 aliphatic heterocycles. The van der Waals surface area contributed by atoms with E-state index in [2.05, 4.69) is 10.3 Å². The Balaban J connectivity index is 1.45. The Bertz CT molecular complexity index is 1030. The third kappa shape index (κ3) is 3.52. The first kappa shape index (κ1) is 17.9. The van der Waals surface area contributed by atoms with Crippen molar-refractivity contribution in [1.82, 2.24) is 9.55 Å². The number of benzene rings is 2. The highest BCUT2D eigenvalue weighted by Gasteiger charge is 2.29. The summed E-state index contributed by atoms with van der Waals surface area (Å²) in [7, 11) is 0. The number of amides is 1. The molecule has 1 heterocycles. The number of nitrogens with one attached hydrogen (secondary N) is 2. The minimum absolute atomic E-state index is 0.0213. The Hall–Kier alpha value is -2.53. The summed E-state index contributed by atoms with van der Waals surface area (Å²) >= 11 is 6.20. The molecule has 6 heteroatoms. The van der Waals surface area contributed by atoms with Gasteiger partial charge >= 0.3 is 5.69 Å². The van der Waals surface area contributed by atoms with E-state index in [0.29, 0.717) is 10.5 Å². The van der Waals surface area contributed by atoms with Gasteiger partial charge in [-0.25, -0.2) is 4.79 Å². The first-order valence-corrected chi connectivity index (χ1v) is 9.67. The van der Waals surface area contributed by atoms with Gasteiger partial charge in [-0.1, -0.05) is 35.4 Å². The molecule has 0 bridgehead atoms. The predicted octanol–water partition coefficient (Wildman–Crippen LogP) is 4.66. The monoisotopic (exact) mass is 383 g/mol. The fraction of sp³-hybridized carbons (Fsp3) is 0.333. The zero-order valence-electron chi connectivity index (χ0n) is 15.2. The number of carbonyl (C=O) groups excluding carboxylic acids is 1. The van der Waals surface area contributed by atoms with E-state index in [4.69, 9.17) is 11.6 Å². The van der Waals surface area contributed by atoms with Crippen LogP contribution >= 0.6 is 11.6 Å². The molecule has 140 valence electrons. The van der Waals surface area contributed by atoms with Gasteiger partial charge in [0.2, 0.25) is 5.91 Å². The van der Waals surface area contributed by atoms with Crippen LogP contribution in [0.1, 0.15) is 37.3 Å². The van der Waals surface area contributed by atoms with Crippen LogP contribution in [0.4, 0.5) is 5.69 Å². The summed E-state index contributed by atoms with van der Waals surface area (Å²) in [6.07, 6.45) is 3.13. The minimum atomic E-state index is -0.134. The molecule has 1 aliphatic carbocycles. The number of aromatic amines is 1. The van der Waals surface area contributed by atoms with E-state index in [-0.39, 0.29) is 23.6 Å². The number of nitrogens with zero attached hydrogens (tertiary/aromatic N) is 1. The third-order valence-electron chi connectivity index (χ3n) is 5.45. The van der Waals surface area contributed by atoms with Crippen LogP contribution in [-0.2, 0) is 4.79 Å². The second kappa shape index (κ2) is 7.24. The van der Waals surface area contributed by atoms with Crippen LogP contribution in [0.25, 0.3) is 11.0 Å². The number of hydrogen-bond acceptors (Lipinski definition) is 2. The van der Waals surface area contributed by atoms with Gasteiger partial charge in [0.05, 0.1) is 16.1 Å². The number of carbonyl (C=O) groups is 1. The van der Waals surface area contributed by atoms with Crippen LogP contribution < -0.4 is 11.0 Å². The third-order valence-corrected chi connectivity index (χ3v) is 5.77. The van der Waals surface area contributed by atoms with Gasteiger partial charge in [0.25, 0.3) is 0 Å². The van der Waals surface area contributed by atoms with Gasteiger partial charge in [-0.05, 0) is 56.9 Å². The predicted molar refractivity (Wildman–Crippen MR) is 108 cm³/mol. The number of aryl methyl sites for hydroxylation is 1. The maximum absolute atomic E-state index is 12.6. The number of fused-ring (bicyclic) bond motifs is 1. The largest absolute Gasteiger partial charge is 0.326 e. The lowest BCUT2D eigenvalue weighted by atomic mass is 9.85. The molecule has 0 spiro atoms. The molecule has 1 aliphatic rings. The Morgan fingerprint density at radius 1 is 1.11 bits per heavy atom. The van der Waals surface area contributed by atoms with E-state index in [0.717, 1.165) is 42.5 Å². The molecule has 4 rings (SSSR count). The average molecular weight is 384 g/mol. The van der Waals surface area contributed by atoms with E-state index in [1.807, 2.05) is 43.3 Å². The number of H-pyrrole nitrogens is 1. The smallest absolute Gasteiger partial charge is 0.326 e. The zero-order chi connectivity index (χ0) is 19.0. The van der Waals surface area contributed by atoms with Gasteiger partial charge in [0.15, 0.2) is 0 Å². The lowest BCUT2D eigenvalue weighted by Crippen LogP contribution is -2.31.